The second-order valence-corrected chi connectivity index (χ2v) is 14.0. The van der Waals surface area contributed by atoms with E-state index in [2.05, 4.69) is 66.1 Å². The minimum Gasteiger partial charge on any atom is -0.509 e. The van der Waals surface area contributed by atoms with Gasteiger partial charge in [-0.1, -0.05) is 120 Å². The van der Waals surface area contributed by atoms with Crippen LogP contribution in [0, 0.1) is 6.92 Å². The third-order valence-electron chi connectivity index (χ3n) is 11.1. The molecule has 246 valence electrons. The first-order chi connectivity index (χ1) is 26.6. The lowest BCUT2D eigenvalue weighted by Crippen LogP contribution is -2.48. The molecule has 9 heteroatoms. The number of phenolic OH excluding ortho intramolecular Hbond substituents is 1. The van der Waals surface area contributed by atoms with Crippen LogP contribution in [0.4, 0.5) is 0 Å². The van der Waals surface area contributed by atoms with Crippen LogP contribution >= 0.6 is 0 Å². The summed E-state index contributed by atoms with van der Waals surface area (Å²) in [6.07, 6.45) is 0.737. The first kappa shape index (κ1) is 34.9. The zero-order valence-corrected chi connectivity index (χ0v) is 30.5. The van der Waals surface area contributed by atoms with Crippen LogP contribution in [0.1, 0.15) is 18.3 Å². The second kappa shape index (κ2) is 13.2. The highest BCUT2D eigenvalue weighted by atomic mass is 16.3. The van der Waals surface area contributed by atoms with Gasteiger partial charge in [-0.05, 0) is 96.5 Å². The van der Waals surface area contributed by atoms with Gasteiger partial charge in [0.25, 0.3) is 0 Å². The van der Waals surface area contributed by atoms with Crippen molar-refractivity contribution in [1.29, 1.82) is 0 Å². The van der Waals surface area contributed by atoms with Gasteiger partial charge in [0.15, 0.2) is 0 Å². The molecule has 9 rings (SSSR count). The van der Waals surface area contributed by atoms with E-state index in [-0.39, 0.29) is 38.5 Å². The van der Waals surface area contributed by atoms with Crippen molar-refractivity contribution in [1.82, 2.24) is 9.55 Å². The molecule has 55 heavy (non-hydrogen) atoms. The maximum Gasteiger partial charge on any atom is 0.119 e. The molecule has 9 aromatic rings. The fourth-order valence-electron chi connectivity index (χ4n) is 8.36. The number of aryl methyl sites for hydroxylation is 2. The van der Waals surface area contributed by atoms with E-state index in [1.165, 1.54) is 0 Å². The zero-order chi connectivity index (χ0) is 38.3. The normalized spacial score (nSPS) is 11.7. The zero-order valence-electron chi connectivity index (χ0n) is 30.5. The molecule has 1 heterocycles. The summed E-state index contributed by atoms with van der Waals surface area (Å²) in [5, 5.41) is 15.9. The van der Waals surface area contributed by atoms with Crippen LogP contribution in [0.5, 0.6) is 5.75 Å². The summed E-state index contributed by atoms with van der Waals surface area (Å²) < 4.78 is 2.22. The van der Waals surface area contributed by atoms with Gasteiger partial charge in [0.1, 0.15) is 58.7 Å². The summed E-state index contributed by atoms with van der Waals surface area (Å²) in [5.41, 5.74) is 9.91. The molecule has 0 spiro atoms. The minimum atomic E-state index is -0.204. The Balaban J connectivity index is 1.46. The molecule has 3 nitrogen and oxygen atoms in total. The van der Waals surface area contributed by atoms with Crippen molar-refractivity contribution in [2.24, 2.45) is 0 Å². The van der Waals surface area contributed by atoms with Gasteiger partial charge >= 0.3 is 0 Å². The molecule has 0 unspecified atom stereocenters. The summed E-state index contributed by atoms with van der Waals surface area (Å²) in [4.78, 5) is 4.97. The van der Waals surface area contributed by atoms with E-state index in [0.29, 0.717) is 27.3 Å². The summed E-state index contributed by atoms with van der Waals surface area (Å²) in [7, 11) is 41.1. The predicted octanol–water partition coefficient (Wildman–Crippen LogP) is 4.83. The largest absolute Gasteiger partial charge is 0.509 e. The molecule has 0 aliphatic carbocycles. The number of aromatic nitrogens is 2. The highest BCUT2D eigenvalue weighted by Gasteiger charge is 2.27. The summed E-state index contributed by atoms with van der Waals surface area (Å²) in [6.45, 7) is 3.99. The van der Waals surface area contributed by atoms with Gasteiger partial charge in [-0.25, -0.2) is 4.98 Å². The first-order valence-electron chi connectivity index (χ1n) is 18.2. The van der Waals surface area contributed by atoms with Crippen molar-refractivity contribution in [3.63, 3.8) is 0 Å². The molecule has 1 N–H and O–H groups in total. The third-order valence-corrected chi connectivity index (χ3v) is 11.1. The molecule has 0 fully saturated rings. The maximum atomic E-state index is 11.6. The van der Waals surface area contributed by atoms with Crippen molar-refractivity contribution in [2.75, 3.05) is 0 Å². The number of para-hydroxylation sites is 2. The lowest BCUT2D eigenvalue weighted by Gasteiger charge is -2.28. The topological polar surface area (TPSA) is 38.0 Å². The molecule has 1 aromatic heterocycles. The highest BCUT2D eigenvalue weighted by Crippen LogP contribution is 2.46. The summed E-state index contributed by atoms with van der Waals surface area (Å²) >= 11 is 0. The average Bonchev–Trinajstić information content (AvgIpc) is 3.61. The number of phenols is 1. The Bertz CT molecular complexity index is 2970. The molecular formula is C46H28B6N2O. The van der Waals surface area contributed by atoms with E-state index in [1.807, 2.05) is 67.6 Å². The number of rotatable bonds is 5. The molecule has 0 atom stereocenters. The first-order valence-corrected chi connectivity index (χ1v) is 18.2. The molecule has 0 aliphatic heterocycles. The molecule has 0 saturated heterocycles. The smallest absolute Gasteiger partial charge is 0.119 e. The number of aromatic hydroxyl groups is 1. The minimum absolute atomic E-state index is 0.118. The molecule has 8 aromatic carbocycles. The van der Waals surface area contributed by atoms with Crippen molar-refractivity contribution in [2.45, 2.75) is 20.3 Å². The van der Waals surface area contributed by atoms with Gasteiger partial charge in [-0.15, -0.1) is 10.9 Å². The summed E-state index contributed by atoms with van der Waals surface area (Å²) in [6, 6.07) is 38.9. The van der Waals surface area contributed by atoms with E-state index in [9.17, 15) is 5.11 Å². The van der Waals surface area contributed by atoms with Crippen molar-refractivity contribution >= 4 is 123 Å². The number of benzene rings is 8. The highest BCUT2D eigenvalue weighted by molar-refractivity contribution is 6.68. The van der Waals surface area contributed by atoms with Gasteiger partial charge in [-0.2, -0.15) is 0 Å². The van der Waals surface area contributed by atoms with Crippen LogP contribution < -0.4 is 32.8 Å². The monoisotopic (exact) mass is 690 g/mol. The number of imidazole rings is 1. The Morgan fingerprint density at radius 3 is 1.78 bits per heavy atom. The predicted molar refractivity (Wildman–Crippen MR) is 238 cm³/mol. The fourth-order valence-corrected chi connectivity index (χ4v) is 8.36. The molecule has 12 radical (unpaired) electrons. The number of hydrogen-bond acceptors (Lipinski definition) is 2. The van der Waals surface area contributed by atoms with E-state index in [0.717, 1.165) is 72.9 Å². The van der Waals surface area contributed by atoms with Crippen LogP contribution in [-0.4, -0.2) is 61.7 Å². The fraction of sp³-hybridized carbons (Fsp3) is 0.0652. The Morgan fingerprint density at radius 2 is 1.09 bits per heavy atom. The van der Waals surface area contributed by atoms with Gasteiger partial charge in [0.2, 0.25) is 0 Å². The van der Waals surface area contributed by atoms with E-state index >= 15 is 0 Å². The number of fused-ring (bicyclic) bond motifs is 4. The van der Waals surface area contributed by atoms with Gasteiger partial charge in [-0.3, -0.25) is 4.57 Å². The molecule has 0 amide bonds. The lowest BCUT2D eigenvalue weighted by atomic mass is 9.61. The van der Waals surface area contributed by atoms with E-state index in [4.69, 9.17) is 52.1 Å². The summed E-state index contributed by atoms with van der Waals surface area (Å²) in [5.74, 6) is 0.738. The maximum absolute atomic E-state index is 11.6. The third kappa shape index (κ3) is 5.16. The van der Waals surface area contributed by atoms with Gasteiger partial charge < -0.3 is 5.11 Å². The SMILES string of the molecule is [B]c1c([B])c([B])c2c(-c3ccc(-c4ccccc4)cc3)c3c(C)c([B])c(O)c([B])c3c(-c3ccc(-n4c(CC)nc5ccccc54)c4ccccc34)c2c1[B]. The van der Waals surface area contributed by atoms with Crippen LogP contribution in [0.25, 0.3) is 82.4 Å². The van der Waals surface area contributed by atoms with Crippen LogP contribution in [0.2, 0.25) is 0 Å². The van der Waals surface area contributed by atoms with Crippen LogP contribution in [0.3, 0.4) is 0 Å². The average molecular weight is 690 g/mol. The molecule has 0 aliphatic rings. The second-order valence-electron chi connectivity index (χ2n) is 14.0. The van der Waals surface area contributed by atoms with Crippen LogP contribution in [0.15, 0.2) is 115 Å². The van der Waals surface area contributed by atoms with Crippen molar-refractivity contribution < 1.29 is 5.11 Å². The van der Waals surface area contributed by atoms with Crippen LogP contribution in [-0.2, 0) is 6.42 Å². The Morgan fingerprint density at radius 1 is 0.527 bits per heavy atom. The quantitative estimate of drug-likeness (QED) is 0.208. The van der Waals surface area contributed by atoms with E-state index < -0.39 is 0 Å². The Kier molecular flexibility index (Phi) is 8.38. The Labute approximate surface area is 328 Å². The number of nitrogens with zero attached hydrogens (tertiary/aromatic N) is 2. The van der Waals surface area contributed by atoms with Gasteiger partial charge in [0.05, 0.1) is 16.7 Å². The Hall–Kier alpha value is -5.80. The van der Waals surface area contributed by atoms with E-state index in [1.54, 1.807) is 0 Å². The molecule has 0 bridgehead atoms. The standard InChI is InChI=1S/C46H28B6N2O/c1-3-33-53-30-15-9-10-16-32(30)54(33)31-22-21-29(27-13-7-8-14-28(27)31)36-37-34(23(2)40(47)46(55)43(37)50)35(38-39(36)42(49)45(52)44(51)41(38)48)26-19-17-25(18-20-26)24-11-5-4-6-12-24/h4-22,55H,3H2,1-2H3. The van der Waals surface area contributed by atoms with Crippen molar-refractivity contribution in [3.05, 3.63) is 127 Å². The molecule has 0 saturated carbocycles. The lowest BCUT2D eigenvalue weighted by molar-refractivity contribution is 0.484. The number of hydrogen-bond donors (Lipinski definition) is 1. The van der Waals surface area contributed by atoms with Crippen molar-refractivity contribution in [3.8, 4) is 44.8 Å². The van der Waals surface area contributed by atoms with Gasteiger partial charge in [0, 0.05) is 11.8 Å². The molecular weight excluding hydrogens is 661 g/mol.